The molecule has 0 heterocycles. The number of hydrogen-bond donors (Lipinski definition) is 1. The summed E-state index contributed by atoms with van der Waals surface area (Å²) in [5.41, 5.74) is 7.15. The summed E-state index contributed by atoms with van der Waals surface area (Å²) in [5.74, 6) is 0. The lowest BCUT2D eigenvalue weighted by atomic mass is 10.1. The number of fused-ring (bicyclic) bond motifs is 1. The van der Waals surface area contributed by atoms with Crippen molar-refractivity contribution in [2.45, 2.75) is 69.9 Å². The molecule has 0 aliphatic heterocycles. The lowest BCUT2D eigenvalue weighted by Crippen LogP contribution is -2.36. The number of aryl methyl sites for hydroxylation is 6. The third kappa shape index (κ3) is 4.75. The van der Waals surface area contributed by atoms with E-state index in [1.807, 2.05) is 90.1 Å². The fraction of sp³-hybridized carbons (Fsp3) is 0.333. The van der Waals surface area contributed by atoms with E-state index in [0.29, 0.717) is 22.4 Å². The Morgan fingerprint density at radius 3 is 1.97 bits per heavy atom. The monoisotopic (exact) mass is 497 g/mol. The minimum atomic E-state index is -3.85. The summed E-state index contributed by atoms with van der Waals surface area (Å²) in [6.07, 6.45) is -0.121. The summed E-state index contributed by atoms with van der Waals surface area (Å²) in [5, 5.41) is 0. The zero-order chi connectivity index (χ0) is 24.8. The first-order valence-corrected chi connectivity index (χ1v) is 13.9. The third-order valence-electron chi connectivity index (χ3n) is 6.32. The van der Waals surface area contributed by atoms with Gasteiger partial charge in [0.1, 0.15) is 0 Å². The van der Waals surface area contributed by atoms with Gasteiger partial charge in [-0.25, -0.2) is 17.3 Å². The second kappa shape index (κ2) is 9.38. The molecule has 5 nitrogen and oxygen atoms in total. The third-order valence-corrected chi connectivity index (χ3v) is 9.47. The fourth-order valence-electron chi connectivity index (χ4n) is 5.19. The van der Waals surface area contributed by atoms with E-state index in [2.05, 4.69) is 4.72 Å². The minimum Gasteiger partial charge on any atom is -0.281 e. The topological polar surface area (TPSA) is 72.5 Å². The first-order chi connectivity index (χ1) is 16.0. The summed E-state index contributed by atoms with van der Waals surface area (Å²) < 4.78 is 49.4. The Labute approximate surface area is 205 Å². The van der Waals surface area contributed by atoms with Crippen molar-refractivity contribution in [1.82, 2.24) is 4.72 Å². The van der Waals surface area contributed by atoms with Crippen molar-refractivity contribution in [3.8, 4) is 0 Å². The summed E-state index contributed by atoms with van der Waals surface area (Å²) in [4.78, 5) is 0.931. The summed E-state index contributed by atoms with van der Waals surface area (Å²) in [6, 6.07) is 14.7. The molecule has 3 atom stereocenters. The molecule has 0 aromatic heterocycles. The average Bonchev–Trinajstić information content (AvgIpc) is 3.02. The molecule has 180 valence electrons. The van der Waals surface area contributed by atoms with Gasteiger partial charge in [-0.05, 0) is 74.9 Å². The molecule has 3 aromatic rings. The Balaban J connectivity index is 1.69. The van der Waals surface area contributed by atoms with Gasteiger partial charge in [0, 0.05) is 6.42 Å². The number of rotatable bonds is 6. The molecule has 0 radical (unpaired) electrons. The van der Waals surface area contributed by atoms with E-state index in [1.165, 1.54) is 0 Å². The van der Waals surface area contributed by atoms with Gasteiger partial charge in [-0.15, -0.1) is 0 Å². The van der Waals surface area contributed by atoms with E-state index in [9.17, 15) is 12.6 Å². The lowest BCUT2D eigenvalue weighted by molar-refractivity contribution is 0.199. The van der Waals surface area contributed by atoms with Crippen molar-refractivity contribution in [3.63, 3.8) is 0 Å². The van der Waals surface area contributed by atoms with Crippen LogP contribution in [-0.2, 0) is 31.7 Å². The van der Waals surface area contributed by atoms with Gasteiger partial charge in [0.2, 0.25) is 10.0 Å². The van der Waals surface area contributed by atoms with Crippen molar-refractivity contribution in [2.75, 3.05) is 0 Å². The van der Waals surface area contributed by atoms with Crippen LogP contribution in [0.15, 0.2) is 58.3 Å². The minimum absolute atomic E-state index is 0.285. The largest absolute Gasteiger partial charge is 0.281 e. The maximum atomic E-state index is 13.6. The van der Waals surface area contributed by atoms with Crippen LogP contribution in [0.3, 0.4) is 0 Å². The van der Waals surface area contributed by atoms with Crippen LogP contribution in [0.1, 0.15) is 50.5 Å². The molecule has 0 unspecified atom stereocenters. The number of benzene rings is 3. The summed E-state index contributed by atoms with van der Waals surface area (Å²) >= 11 is -1.73. The number of sulfonamides is 1. The maximum absolute atomic E-state index is 13.6. The fourth-order valence-corrected chi connectivity index (χ4v) is 8.03. The Kier molecular flexibility index (Phi) is 6.84. The maximum Gasteiger partial charge on any atom is 0.241 e. The molecule has 1 aliphatic rings. The van der Waals surface area contributed by atoms with Crippen molar-refractivity contribution in [2.24, 2.45) is 0 Å². The molecule has 0 saturated carbocycles. The molecule has 0 spiro atoms. The Morgan fingerprint density at radius 1 is 0.853 bits per heavy atom. The van der Waals surface area contributed by atoms with Crippen LogP contribution in [0, 0.1) is 41.5 Å². The van der Waals surface area contributed by atoms with Gasteiger partial charge in [0.25, 0.3) is 0 Å². The highest BCUT2D eigenvalue weighted by Gasteiger charge is 2.38. The van der Waals surface area contributed by atoms with Crippen LogP contribution in [0.2, 0.25) is 0 Å². The standard InChI is InChI=1S/C27H31NO4S2/c1-16-11-18(3)26(19(4)12-16)33(29)32-24-15-22-9-7-8-10-23(22)25(24)28-34(30,31)27-20(5)13-17(2)14-21(27)6/h7-14,24-25,28H,15H2,1-6H3/t24-,25+,33+/m1/s1. The molecule has 0 fully saturated rings. The molecule has 4 rings (SSSR count). The van der Waals surface area contributed by atoms with Gasteiger partial charge >= 0.3 is 0 Å². The van der Waals surface area contributed by atoms with Crippen molar-refractivity contribution in [1.29, 1.82) is 0 Å². The van der Waals surface area contributed by atoms with E-state index in [-0.39, 0.29) is 4.90 Å². The molecule has 1 N–H and O–H groups in total. The predicted molar refractivity (Wildman–Crippen MR) is 136 cm³/mol. The van der Waals surface area contributed by atoms with E-state index < -0.39 is 33.2 Å². The number of nitrogens with one attached hydrogen (secondary N) is 1. The molecule has 34 heavy (non-hydrogen) atoms. The van der Waals surface area contributed by atoms with Crippen LogP contribution < -0.4 is 4.72 Å². The zero-order valence-corrected chi connectivity index (χ0v) is 22.1. The Bertz CT molecular complexity index is 1350. The Hall–Kier alpha value is -2.32. The molecular formula is C27H31NO4S2. The lowest BCUT2D eigenvalue weighted by Gasteiger charge is -2.23. The van der Waals surface area contributed by atoms with Crippen molar-refractivity contribution < 1.29 is 16.8 Å². The number of hydrogen-bond acceptors (Lipinski definition) is 4. The van der Waals surface area contributed by atoms with Gasteiger partial charge in [0.05, 0.1) is 21.9 Å². The van der Waals surface area contributed by atoms with Crippen LogP contribution >= 0.6 is 0 Å². The molecule has 0 bridgehead atoms. The predicted octanol–water partition coefficient (Wildman–Crippen LogP) is 5.22. The van der Waals surface area contributed by atoms with E-state index in [4.69, 9.17) is 4.18 Å². The van der Waals surface area contributed by atoms with Crippen LogP contribution in [0.25, 0.3) is 0 Å². The average molecular weight is 498 g/mol. The Morgan fingerprint density at radius 2 is 1.38 bits per heavy atom. The molecule has 1 aliphatic carbocycles. The molecular weight excluding hydrogens is 466 g/mol. The smallest absolute Gasteiger partial charge is 0.241 e. The molecule has 0 saturated heterocycles. The molecule has 3 aromatic carbocycles. The van der Waals surface area contributed by atoms with Gasteiger partial charge in [-0.3, -0.25) is 4.18 Å². The highest BCUT2D eigenvalue weighted by Crippen LogP contribution is 2.37. The first-order valence-electron chi connectivity index (χ1n) is 11.3. The van der Waals surface area contributed by atoms with Crippen LogP contribution in [-0.4, -0.2) is 18.7 Å². The van der Waals surface area contributed by atoms with Crippen molar-refractivity contribution in [3.05, 3.63) is 93.0 Å². The second-order valence-electron chi connectivity index (χ2n) is 9.33. The van der Waals surface area contributed by atoms with Crippen LogP contribution in [0.4, 0.5) is 0 Å². The van der Waals surface area contributed by atoms with Gasteiger partial charge in [-0.1, -0.05) is 59.7 Å². The quantitative estimate of drug-likeness (QED) is 0.507. The van der Waals surface area contributed by atoms with Gasteiger partial charge < -0.3 is 0 Å². The van der Waals surface area contributed by atoms with Gasteiger partial charge in [-0.2, -0.15) is 0 Å². The van der Waals surface area contributed by atoms with Gasteiger partial charge in [0.15, 0.2) is 11.1 Å². The van der Waals surface area contributed by atoms with E-state index >= 15 is 0 Å². The van der Waals surface area contributed by atoms with Crippen LogP contribution in [0.5, 0.6) is 0 Å². The normalized spacial score (nSPS) is 18.6. The highest BCUT2D eigenvalue weighted by atomic mass is 32.2. The first kappa shape index (κ1) is 24.8. The van der Waals surface area contributed by atoms with E-state index in [1.54, 1.807) is 0 Å². The molecule has 7 heteroatoms. The van der Waals surface area contributed by atoms with Crippen molar-refractivity contribution >= 4 is 21.1 Å². The summed E-state index contributed by atoms with van der Waals surface area (Å²) in [7, 11) is -3.85. The SMILES string of the molecule is Cc1cc(C)c([S@@](=O)O[C@@H]2Cc3ccccc3[C@@H]2NS(=O)(=O)c2c(C)cc(C)cc2C)c(C)c1. The van der Waals surface area contributed by atoms with E-state index in [0.717, 1.165) is 33.4 Å². The second-order valence-corrected chi connectivity index (χ2v) is 12.0. The molecule has 0 amide bonds. The zero-order valence-electron chi connectivity index (χ0n) is 20.4. The highest BCUT2D eigenvalue weighted by molar-refractivity contribution is 7.89. The summed E-state index contributed by atoms with van der Waals surface area (Å²) in [6.45, 7) is 11.4.